The third-order valence-electron chi connectivity index (χ3n) is 5.22. The lowest BCUT2D eigenvalue weighted by molar-refractivity contribution is -0.118. The van der Waals surface area contributed by atoms with Crippen LogP contribution in [0.2, 0.25) is 0 Å². The molecular weight excluding hydrogens is 350 g/mol. The van der Waals surface area contributed by atoms with Crippen LogP contribution in [0.3, 0.4) is 0 Å². The Bertz CT molecular complexity index is 761. The molecule has 1 aliphatic heterocycles. The Labute approximate surface area is 168 Å². The Hall–Kier alpha value is -2.37. The second kappa shape index (κ2) is 10.2. The molecule has 2 N–H and O–H groups in total. The van der Waals surface area contributed by atoms with Crippen molar-refractivity contribution >= 4 is 11.6 Å². The molecule has 2 aromatic rings. The minimum atomic E-state index is -0.159. The number of ether oxygens (including phenoxy) is 1. The van der Waals surface area contributed by atoms with E-state index >= 15 is 0 Å². The van der Waals surface area contributed by atoms with Gasteiger partial charge in [0.15, 0.2) is 6.61 Å². The van der Waals surface area contributed by atoms with Gasteiger partial charge >= 0.3 is 0 Å². The van der Waals surface area contributed by atoms with Crippen molar-refractivity contribution in [2.45, 2.75) is 39.3 Å². The highest BCUT2D eigenvalue weighted by atomic mass is 16.5. The van der Waals surface area contributed by atoms with E-state index in [1.807, 2.05) is 49.4 Å². The fourth-order valence-corrected chi connectivity index (χ4v) is 3.65. The molecule has 1 aliphatic rings. The van der Waals surface area contributed by atoms with Crippen molar-refractivity contribution in [3.8, 4) is 5.75 Å². The smallest absolute Gasteiger partial charge is 0.262 e. The van der Waals surface area contributed by atoms with Crippen LogP contribution in [0, 0.1) is 6.92 Å². The maximum absolute atomic E-state index is 12.1. The maximum atomic E-state index is 12.1. The number of amides is 1. The quantitative estimate of drug-likeness (QED) is 0.697. The van der Waals surface area contributed by atoms with Crippen molar-refractivity contribution < 1.29 is 9.53 Å². The number of rotatable bonds is 9. The van der Waals surface area contributed by atoms with Gasteiger partial charge in [-0.15, -0.1) is 0 Å². The summed E-state index contributed by atoms with van der Waals surface area (Å²) in [5, 5.41) is 6.41. The number of aryl methyl sites for hydroxylation is 1. The fourth-order valence-electron chi connectivity index (χ4n) is 3.65. The zero-order valence-electron chi connectivity index (χ0n) is 16.9. The van der Waals surface area contributed by atoms with Gasteiger partial charge in [-0.2, -0.15) is 0 Å². The zero-order valence-corrected chi connectivity index (χ0v) is 16.9. The normalized spacial score (nSPS) is 16.9. The highest BCUT2D eigenvalue weighted by Gasteiger charge is 2.22. The first-order valence-corrected chi connectivity index (χ1v) is 10.2. The predicted molar refractivity (Wildman–Crippen MR) is 114 cm³/mol. The summed E-state index contributed by atoms with van der Waals surface area (Å²) in [5.41, 5.74) is 3.11. The Kier molecular flexibility index (Phi) is 7.46. The molecule has 2 aromatic carbocycles. The van der Waals surface area contributed by atoms with Crippen LogP contribution in [0.1, 0.15) is 30.9 Å². The molecule has 0 radical (unpaired) electrons. The van der Waals surface area contributed by atoms with Gasteiger partial charge in [0.05, 0.1) is 0 Å². The first kappa shape index (κ1) is 20.4. The van der Waals surface area contributed by atoms with Gasteiger partial charge in [0.25, 0.3) is 5.91 Å². The zero-order chi connectivity index (χ0) is 19.8. The fraction of sp³-hybridized carbons (Fsp3) is 0.435. The molecular formula is C23H31N3O2. The van der Waals surface area contributed by atoms with E-state index in [9.17, 15) is 4.79 Å². The van der Waals surface area contributed by atoms with E-state index < -0.39 is 0 Å². The minimum Gasteiger partial charge on any atom is -0.484 e. The molecule has 5 nitrogen and oxygen atoms in total. The molecule has 1 unspecified atom stereocenters. The molecule has 1 atom stereocenters. The van der Waals surface area contributed by atoms with Crippen LogP contribution in [0.15, 0.2) is 48.5 Å². The average molecular weight is 382 g/mol. The number of likely N-dealkylation sites (tertiary alicyclic amines) is 1. The van der Waals surface area contributed by atoms with Crippen LogP contribution in [-0.4, -0.2) is 43.1 Å². The van der Waals surface area contributed by atoms with Gasteiger partial charge in [-0.05, 0) is 62.7 Å². The highest BCUT2D eigenvalue weighted by Crippen LogP contribution is 2.17. The van der Waals surface area contributed by atoms with Crippen molar-refractivity contribution in [2.75, 3.05) is 31.6 Å². The van der Waals surface area contributed by atoms with Gasteiger partial charge in [-0.3, -0.25) is 9.69 Å². The first-order chi connectivity index (χ1) is 13.6. The summed E-state index contributed by atoms with van der Waals surface area (Å²) in [4.78, 5) is 14.6. The summed E-state index contributed by atoms with van der Waals surface area (Å²) in [6.45, 7) is 8.41. The number of nitrogens with zero attached hydrogens (tertiary/aromatic N) is 1. The lowest BCUT2D eigenvalue weighted by Crippen LogP contribution is -2.37. The summed E-state index contributed by atoms with van der Waals surface area (Å²) >= 11 is 0. The molecule has 1 saturated heterocycles. The molecule has 28 heavy (non-hydrogen) atoms. The van der Waals surface area contributed by atoms with Gasteiger partial charge in [0.2, 0.25) is 0 Å². The molecule has 0 aromatic heterocycles. The molecule has 3 rings (SSSR count). The molecule has 5 heteroatoms. The van der Waals surface area contributed by atoms with Crippen LogP contribution in [0.4, 0.5) is 5.69 Å². The minimum absolute atomic E-state index is 0.00169. The third kappa shape index (κ3) is 6.08. The topological polar surface area (TPSA) is 53.6 Å². The van der Waals surface area contributed by atoms with E-state index in [1.54, 1.807) is 0 Å². The lowest BCUT2D eigenvalue weighted by atomic mass is 10.2. The van der Waals surface area contributed by atoms with Gasteiger partial charge in [-0.1, -0.05) is 36.8 Å². The Balaban J connectivity index is 1.42. The lowest BCUT2D eigenvalue weighted by Gasteiger charge is -2.23. The number of carbonyl (C=O) groups excluding carboxylic acids is 1. The SMILES string of the molecule is CCN1CCCC1CNCc1cccc(OCC(=O)Nc2ccc(C)cc2)c1. The van der Waals surface area contributed by atoms with E-state index in [0.717, 1.165) is 42.2 Å². The number of hydrogen-bond donors (Lipinski definition) is 2. The molecule has 1 heterocycles. The summed E-state index contributed by atoms with van der Waals surface area (Å²) in [5.74, 6) is 0.558. The van der Waals surface area contributed by atoms with Crippen LogP contribution < -0.4 is 15.4 Å². The van der Waals surface area contributed by atoms with Crippen LogP contribution in [0.25, 0.3) is 0 Å². The number of benzene rings is 2. The van der Waals surface area contributed by atoms with E-state index in [2.05, 4.69) is 28.5 Å². The van der Waals surface area contributed by atoms with Crippen LogP contribution in [-0.2, 0) is 11.3 Å². The summed E-state index contributed by atoms with van der Waals surface area (Å²) in [7, 11) is 0. The largest absolute Gasteiger partial charge is 0.484 e. The van der Waals surface area contributed by atoms with Crippen molar-refractivity contribution in [3.63, 3.8) is 0 Å². The maximum Gasteiger partial charge on any atom is 0.262 e. The molecule has 0 saturated carbocycles. The standard InChI is InChI=1S/C23H31N3O2/c1-3-26-13-5-7-21(26)16-24-15-19-6-4-8-22(14-19)28-17-23(27)25-20-11-9-18(2)10-12-20/h4,6,8-12,14,21,24H,3,5,7,13,15-17H2,1-2H3,(H,25,27). The Morgan fingerprint density at radius 1 is 1.21 bits per heavy atom. The van der Waals surface area contributed by atoms with Gasteiger partial charge in [0.1, 0.15) is 5.75 Å². The van der Waals surface area contributed by atoms with Crippen LogP contribution >= 0.6 is 0 Å². The van der Waals surface area contributed by atoms with Crippen molar-refractivity contribution in [1.82, 2.24) is 10.2 Å². The van der Waals surface area contributed by atoms with Crippen molar-refractivity contribution in [3.05, 3.63) is 59.7 Å². The summed E-state index contributed by atoms with van der Waals surface area (Å²) in [6, 6.07) is 16.3. The third-order valence-corrected chi connectivity index (χ3v) is 5.22. The highest BCUT2D eigenvalue weighted by molar-refractivity contribution is 5.91. The summed E-state index contributed by atoms with van der Waals surface area (Å²) in [6.07, 6.45) is 2.58. The Morgan fingerprint density at radius 3 is 2.82 bits per heavy atom. The molecule has 0 bridgehead atoms. The average Bonchev–Trinajstić information content (AvgIpc) is 3.16. The molecule has 1 amide bonds. The van der Waals surface area contributed by atoms with E-state index in [-0.39, 0.29) is 12.5 Å². The van der Waals surface area contributed by atoms with Crippen molar-refractivity contribution in [1.29, 1.82) is 0 Å². The van der Waals surface area contributed by atoms with Gasteiger partial charge < -0.3 is 15.4 Å². The number of nitrogens with one attached hydrogen (secondary N) is 2. The second-order valence-corrected chi connectivity index (χ2v) is 7.41. The van der Waals surface area contributed by atoms with E-state index in [4.69, 9.17) is 4.74 Å². The summed E-state index contributed by atoms with van der Waals surface area (Å²) < 4.78 is 5.67. The van der Waals surface area contributed by atoms with E-state index in [1.165, 1.54) is 19.4 Å². The van der Waals surface area contributed by atoms with Gasteiger partial charge in [-0.25, -0.2) is 0 Å². The second-order valence-electron chi connectivity index (χ2n) is 7.41. The number of likely N-dealkylation sites (N-methyl/N-ethyl adjacent to an activating group) is 1. The molecule has 1 fully saturated rings. The van der Waals surface area contributed by atoms with Crippen LogP contribution in [0.5, 0.6) is 5.75 Å². The van der Waals surface area contributed by atoms with E-state index in [0.29, 0.717) is 6.04 Å². The number of anilines is 1. The number of carbonyl (C=O) groups is 1. The molecule has 150 valence electrons. The van der Waals surface area contributed by atoms with Crippen molar-refractivity contribution in [2.24, 2.45) is 0 Å². The number of hydrogen-bond acceptors (Lipinski definition) is 4. The monoisotopic (exact) mass is 381 g/mol. The predicted octanol–water partition coefficient (Wildman–Crippen LogP) is 3.59. The first-order valence-electron chi connectivity index (χ1n) is 10.2. The molecule has 0 spiro atoms. The Morgan fingerprint density at radius 2 is 2.04 bits per heavy atom. The molecule has 0 aliphatic carbocycles. The van der Waals surface area contributed by atoms with Gasteiger partial charge in [0, 0.05) is 24.8 Å².